The van der Waals surface area contributed by atoms with Gasteiger partial charge in [0.05, 0.1) is 21.3 Å². The van der Waals surface area contributed by atoms with E-state index < -0.39 is 0 Å². The van der Waals surface area contributed by atoms with Gasteiger partial charge in [-0.05, 0) is 52.1 Å². The molecule has 1 aliphatic rings. The van der Waals surface area contributed by atoms with E-state index in [2.05, 4.69) is 40.8 Å². The number of thiazole rings is 1. The van der Waals surface area contributed by atoms with Gasteiger partial charge in [-0.15, -0.1) is 11.3 Å². The summed E-state index contributed by atoms with van der Waals surface area (Å²) in [6.45, 7) is 12.3. The van der Waals surface area contributed by atoms with Crippen molar-refractivity contribution in [2.24, 2.45) is 0 Å². The molecule has 8 nitrogen and oxygen atoms in total. The number of aromatic nitrogens is 2. The topological polar surface area (TPSA) is 73.2 Å². The molecular formula is C28H36N6O2S. The van der Waals surface area contributed by atoms with Crippen LogP contribution in [0.4, 0.5) is 5.69 Å². The number of carbonyl (C=O) groups excluding carboxylic acids is 1. The minimum atomic E-state index is -0.319. The van der Waals surface area contributed by atoms with Crippen LogP contribution in [0.2, 0.25) is 0 Å². The average Bonchev–Trinajstić information content (AvgIpc) is 3.28. The molecule has 0 spiro atoms. The zero-order valence-electron chi connectivity index (χ0n) is 22.2. The zero-order valence-corrected chi connectivity index (χ0v) is 23.0. The molecule has 3 aromatic heterocycles. The molecule has 196 valence electrons. The smallest absolute Gasteiger partial charge is 0.258 e. The van der Waals surface area contributed by atoms with Crippen LogP contribution < -0.4 is 15.6 Å². The summed E-state index contributed by atoms with van der Waals surface area (Å²) in [5.41, 5.74) is 2.40. The number of carbonyl (C=O) groups is 1. The normalized spacial score (nSPS) is 15.0. The minimum Gasteiger partial charge on any atom is -0.368 e. The lowest BCUT2D eigenvalue weighted by molar-refractivity contribution is 0.0950. The molecule has 4 aromatic rings. The molecular weight excluding hydrogens is 484 g/mol. The predicted molar refractivity (Wildman–Crippen MR) is 153 cm³/mol. The lowest BCUT2D eigenvalue weighted by Crippen LogP contribution is -2.49. The molecule has 37 heavy (non-hydrogen) atoms. The van der Waals surface area contributed by atoms with Crippen LogP contribution in [0, 0.1) is 0 Å². The lowest BCUT2D eigenvalue weighted by atomic mass is 10.1. The Hall–Kier alpha value is -3.01. The number of nitrogens with one attached hydrogen (secondary N) is 1. The van der Waals surface area contributed by atoms with E-state index in [1.54, 1.807) is 6.20 Å². The average molecular weight is 521 g/mol. The van der Waals surface area contributed by atoms with Gasteiger partial charge in [-0.1, -0.05) is 19.1 Å². The maximum absolute atomic E-state index is 14.1. The standard InChI is InChI=1S/C28H36N6O2S/c1-5-13-31(4)14-12-30-27(36)24-25(35)23-21(33-17-15-32(16-18-33)19(2)3)10-11-29-26(23)34-20-8-6-7-9-22(20)37-28(24)34/h6-11,19H,5,12-18H2,1-4H3,(H,30,36). The fourth-order valence-corrected chi connectivity index (χ4v) is 6.48. The highest BCUT2D eigenvalue weighted by Crippen LogP contribution is 2.33. The molecule has 1 amide bonds. The molecule has 1 aromatic carbocycles. The molecule has 0 unspecified atom stereocenters. The van der Waals surface area contributed by atoms with E-state index in [0.29, 0.717) is 28.5 Å². The van der Waals surface area contributed by atoms with Gasteiger partial charge in [-0.2, -0.15) is 0 Å². The second kappa shape index (κ2) is 10.8. The fraction of sp³-hybridized carbons (Fsp3) is 0.464. The molecule has 4 heterocycles. The fourth-order valence-electron chi connectivity index (χ4n) is 5.30. The summed E-state index contributed by atoms with van der Waals surface area (Å²) < 4.78 is 3.02. The summed E-state index contributed by atoms with van der Waals surface area (Å²) in [7, 11) is 2.04. The summed E-state index contributed by atoms with van der Waals surface area (Å²) in [4.78, 5) is 39.9. The van der Waals surface area contributed by atoms with Crippen LogP contribution in [0.25, 0.3) is 26.1 Å². The van der Waals surface area contributed by atoms with Crippen LogP contribution in [0.15, 0.2) is 41.3 Å². The van der Waals surface area contributed by atoms with Gasteiger partial charge in [0.25, 0.3) is 5.91 Å². The maximum atomic E-state index is 14.1. The molecule has 5 rings (SSSR count). The van der Waals surface area contributed by atoms with Gasteiger partial charge in [-0.3, -0.25) is 18.9 Å². The Morgan fingerprint density at radius 3 is 2.62 bits per heavy atom. The van der Waals surface area contributed by atoms with Gasteiger partial charge >= 0.3 is 0 Å². The molecule has 1 fully saturated rings. The summed E-state index contributed by atoms with van der Waals surface area (Å²) >= 11 is 1.47. The number of nitrogens with zero attached hydrogens (tertiary/aromatic N) is 5. The zero-order chi connectivity index (χ0) is 26.1. The van der Waals surface area contributed by atoms with E-state index in [9.17, 15) is 9.59 Å². The molecule has 0 aliphatic carbocycles. The van der Waals surface area contributed by atoms with E-state index in [0.717, 1.165) is 61.6 Å². The molecule has 0 bridgehead atoms. The highest BCUT2D eigenvalue weighted by atomic mass is 32.1. The van der Waals surface area contributed by atoms with Gasteiger partial charge in [-0.25, -0.2) is 4.98 Å². The number of hydrogen-bond donors (Lipinski definition) is 1. The number of anilines is 1. The number of pyridine rings is 2. The monoisotopic (exact) mass is 520 g/mol. The number of piperazine rings is 1. The van der Waals surface area contributed by atoms with Crippen molar-refractivity contribution in [3.63, 3.8) is 0 Å². The second-order valence-electron chi connectivity index (χ2n) is 10.1. The first-order valence-corrected chi connectivity index (χ1v) is 14.0. The molecule has 1 aliphatic heterocycles. The Labute approximate surface area is 221 Å². The Morgan fingerprint density at radius 2 is 1.89 bits per heavy atom. The summed E-state index contributed by atoms with van der Waals surface area (Å²) in [5, 5.41) is 3.54. The van der Waals surface area contributed by atoms with Crippen LogP contribution in [-0.4, -0.2) is 84.0 Å². The number of rotatable bonds is 8. The second-order valence-corrected chi connectivity index (χ2v) is 11.1. The van der Waals surface area contributed by atoms with Crippen molar-refractivity contribution in [3.8, 4) is 0 Å². The third kappa shape index (κ3) is 4.83. The molecule has 9 heteroatoms. The van der Waals surface area contributed by atoms with Crippen molar-refractivity contribution in [3.05, 3.63) is 52.3 Å². The van der Waals surface area contributed by atoms with E-state index in [1.807, 2.05) is 41.8 Å². The van der Waals surface area contributed by atoms with Gasteiger partial charge < -0.3 is 15.1 Å². The lowest BCUT2D eigenvalue weighted by Gasteiger charge is -2.38. The molecule has 0 saturated carbocycles. The number of para-hydroxylation sites is 1. The molecule has 0 atom stereocenters. The third-order valence-electron chi connectivity index (χ3n) is 7.30. The van der Waals surface area contributed by atoms with E-state index >= 15 is 0 Å². The predicted octanol–water partition coefficient (Wildman–Crippen LogP) is 3.66. The minimum absolute atomic E-state index is 0.210. The van der Waals surface area contributed by atoms with Crippen molar-refractivity contribution in [2.75, 3.05) is 57.8 Å². The van der Waals surface area contributed by atoms with E-state index in [-0.39, 0.29) is 16.9 Å². The maximum Gasteiger partial charge on any atom is 0.258 e. The van der Waals surface area contributed by atoms with Crippen molar-refractivity contribution in [1.82, 2.24) is 24.5 Å². The molecule has 1 N–H and O–H groups in total. The van der Waals surface area contributed by atoms with Crippen molar-refractivity contribution < 1.29 is 4.79 Å². The van der Waals surface area contributed by atoms with Crippen molar-refractivity contribution in [2.45, 2.75) is 33.2 Å². The summed E-state index contributed by atoms with van der Waals surface area (Å²) in [5.74, 6) is -0.319. The van der Waals surface area contributed by atoms with E-state index in [1.165, 1.54) is 11.3 Å². The molecule has 1 saturated heterocycles. The van der Waals surface area contributed by atoms with Crippen LogP contribution in [0.3, 0.4) is 0 Å². The Morgan fingerprint density at radius 1 is 1.14 bits per heavy atom. The first-order valence-electron chi connectivity index (χ1n) is 13.2. The van der Waals surface area contributed by atoms with Gasteiger partial charge in [0, 0.05) is 51.5 Å². The number of likely N-dealkylation sites (N-methyl/N-ethyl adjacent to an activating group) is 1. The van der Waals surface area contributed by atoms with Gasteiger partial charge in [0.2, 0.25) is 5.43 Å². The molecule has 0 radical (unpaired) electrons. The number of hydrogen-bond acceptors (Lipinski definition) is 7. The van der Waals surface area contributed by atoms with Crippen LogP contribution in [0.1, 0.15) is 37.6 Å². The SMILES string of the molecule is CCCN(C)CCNC(=O)c1c(=O)c2c(N3CCN(C(C)C)CC3)ccnc2n2c1sc1ccccc12. The van der Waals surface area contributed by atoms with Crippen LogP contribution >= 0.6 is 11.3 Å². The number of benzene rings is 1. The Kier molecular flexibility index (Phi) is 7.46. The first kappa shape index (κ1) is 25.6. The van der Waals surface area contributed by atoms with Gasteiger partial charge in [0.1, 0.15) is 10.4 Å². The quantitative estimate of drug-likeness (QED) is 0.382. The van der Waals surface area contributed by atoms with Crippen molar-refractivity contribution >= 4 is 49.0 Å². The van der Waals surface area contributed by atoms with Crippen molar-refractivity contribution in [1.29, 1.82) is 0 Å². The van der Waals surface area contributed by atoms with Crippen LogP contribution in [-0.2, 0) is 0 Å². The van der Waals surface area contributed by atoms with Crippen LogP contribution in [0.5, 0.6) is 0 Å². The Bertz CT molecular complexity index is 1490. The summed E-state index contributed by atoms with van der Waals surface area (Å²) in [6, 6.07) is 10.4. The largest absolute Gasteiger partial charge is 0.368 e. The number of fused-ring (bicyclic) bond motifs is 5. The highest BCUT2D eigenvalue weighted by Gasteiger charge is 2.27. The Balaban J connectivity index is 1.64. The highest BCUT2D eigenvalue weighted by molar-refractivity contribution is 7.24. The summed E-state index contributed by atoms with van der Waals surface area (Å²) in [6.07, 6.45) is 2.84. The van der Waals surface area contributed by atoms with E-state index in [4.69, 9.17) is 4.98 Å². The third-order valence-corrected chi connectivity index (χ3v) is 8.45. The first-order chi connectivity index (χ1) is 17.9. The number of amides is 1. The van der Waals surface area contributed by atoms with Gasteiger partial charge in [0.15, 0.2) is 5.65 Å².